The van der Waals surface area contributed by atoms with E-state index in [0.29, 0.717) is 23.0 Å². The van der Waals surface area contributed by atoms with Crippen molar-refractivity contribution in [1.82, 2.24) is 0 Å². The number of esters is 2. The predicted molar refractivity (Wildman–Crippen MR) is 63.3 cm³/mol. The molecule has 4 heteroatoms. The van der Waals surface area contributed by atoms with Gasteiger partial charge in [-0.15, -0.1) is 0 Å². The standard InChI is InChI=1S/C14H14O4/c1-17-13(15)11-9-5-6-10(8-4-3-7(8)9)12(11)14(16)18-2/h3-10H,1-2H3/t7-,8+,9-,10-/m0/s1. The third-order valence-corrected chi connectivity index (χ3v) is 4.12. The van der Waals surface area contributed by atoms with E-state index in [4.69, 9.17) is 9.47 Å². The second-order valence-corrected chi connectivity index (χ2v) is 4.79. The lowest BCUT2D eigenvalue weighted by Gasteiger charge is -2.47. The molecule has 0 heterocycles. The van der Waals surface area contributed by atoms with E-state index in [9.17, 15) is 9.59 Å². The number of hydrogen-bond donors (Lipinski definition) is 0. The Morgan fingerprint density at radius 3 is 1.50 bits per heavy atom. The minimum atomic E-state index is -0.423. The Balaban J connectivity index is 2.11. The van der Waals surface area contributed by atoms with Crippen LogP contribution in [0.25, 0.3) is 0 Å². The number of ether oxygens (including phenoxy) is 2. The van der Waals surface area contributed by atoms with Crippen molar-refractivity contribution in [3.05, 3.63) is 35.5 Å². The zero-order valence-electron chi connectivity index (χ0n) is 10.3. The molecule has 94 valence electrons. The molecule has 4 rings (SSSR count). The molecule has 0 unspecified atom stereocenters. The van der Waals surface area contributed by atoms with Crippen LogP contribution in [0.1, 0.15) is 0 Å². The number of rotatable bonds is 2. The number of hydrogen-bond acceptors (Lipinski definition) is 4. The van der Waals surface area contributed by atoms with Crippen molar-refractivity contribution < 1.29 is 19.1 Å². The van der Waals surface area contributed by atoms with Gasteiger partial charge in [-0.25, -0.2) is 9.59 Å². The van der Waals surface area contributed by atoms with Crippen LogP contribution in [-0.2, 0) is 19.1 Å². The largest absolute Gasteiger partial charge is 0.466 e. The fourth-order valence-electron chi connectivity index (χ4n) is 3.23. The maximum atomic E-state index is 11.9. The smallest absolute Gasteiger partial charge is 0.334 e. The first-order chi connectivity index (χ1) is 8.69. The molecule has 0 N–H and O–H groups in total. The van der Waals surface area contributed by atoms with Gasteiger partial charge in [0.15, 0.2) is 0 Å². The van der Waals surface area contributed by atoms with Gasteiger partial charge >= 0.3 is 11.9 Å². The first-order valence-corrected chi connectivity index (χ1v) is 5.96. The molecule has 0 aromatic rings. The van der Waals surface area contributed by atoms with Crippen molar-refractivity contribution in [3.8, 4) is 0 Å². The molecule has 4 nitrogen and oxygen atoms in total. The SMILES string of the molecule is COC(=O)C1=C(C(=O)OC)[C@H]2C=C[C@H]1[C@@H]1C=C[C@@H]12. The molecule has 0 aromatic heterocycles. The first kappa shape index (κ1) is 11.3. The molecule has 18 heavy (non-hydrogen) atoms. The summed E-state index contributed by atoms with van der Waals surface area (Å²) in [7, 11) is 2.68. The normalized spacial score (nSPS) is 35.0. The van der Waals surface area contributed by atoms with E-state index in [1.165, 1.54) is 14.2 Å². The molecule has 4 aliphatic rings. The Morgan fingerprint density at radius 1 is 0.833 bits per heavy atom. The summed E-state index contributed by atoms with van der Waals surface area (Å²) in [4.78, 5) is 23.8. The maximum Gasteiger partial charge on any atom is 0.334 e. The summed E-state index contributed by atoms with van der Waals surface area (Å²) in [6.07, 6.45) is 8.22. The topological polar surface area (TPSA) is 52.6 Å². The van der Waals surface area contributed by atoms with Gasteiger partial charge in [0.2, 0.25) is 0 Å². The summed E-state index contributed by atoms with van der Waals surface area (Å²) < 4.78 is 9.62. The van der Waals surface area contributed by atoms with Crippen LogP contribution in [0.15, 0.2) is 35.5 Å². The zero-order valence-corrected chi connectivity index (χ0v) is 10.3. The molecule has 0 saturated carbocycles. The maximum absolute atomic E-state index is 11.9. The Kier molecular flexibility index (Phi) is 2.40. The molecule has 0 aromatic carbocycles. The summed E-state index contributed by atoms with van der Waals surface area (Å²) in [5, 5.41) is 0. The summed E-state index contributed by atoms with van der Waals surface area (Å²) in [5.74, 6) is -0.301. The molecule has 0 radical (unpaired) electrons. The Labute approximate surface area is 105 Å². The molecule has 0 aliphatic heterocycles. The van der Waals surface area contributed by atoms with Gasteiger partial charge in [0.25, 0.3) is 0 Å². The number of methoxy groups -OCH3 is 2. The van der Waals surface area contributed by atoms with Gasteiger partial charge in [-0.2, -0.15) is 0 Å². The highest BCUT2D eigenvalue weighted by atomic mass is 16.5. The van der Waals surface area contributed by atoms with Crippen LogP contribution in [0.2, 0.25) is 0 Å². The predicted octanol–water partition coefficient (Wildman–Crippen LogP) is 1.25. The lowest BCUT2D eigenvalue weighted by atomic mass is 9.55. The molecular formula is C14H14O4. The van der Waals surface area contributed by atoms with Crippen LogP contribution in [0, 0.1) is 23.7 Å². The average molecular weight is 246 g/mol. The van der Waals surface area contributed by atoms with Crippen LogP contribution in [0.3, 0.4) is 0 Å². The third kappa shape index (κ3) is 1.26. The van der Waals surface area contributed by atoms with Crippen molar-refractivity contribution >= 4 is 11.9 Å². The Morgan fingerprint density at radius 2 is 1.22 bits per heavy atom. The van der Waals surface area contributed by atoms with Crippen molar-refractivity contribution in [2.75, 3.05) is 14.2 Å². The van der Waals surface area contributed by atoms with Crippen LogP contribution >= 0.6 is 0 Å². The number of carbonyl (C=O) groups excluding carboxylic acids is 2. The summed E-state index contributed by atoms with van der Waals surface area (Å²) in [6, 6.07) is 0. The average Bonchev–Trinajstić information content (AvgIpc) is 2.35. The number of allylic oxidation sites excluding steroid dienone is 4. The lowest BCUT2D eigenvalue weighted by molar-refractivity contribution is -0.141. The molecule has 0 saturated heterocycles. The van der Waals surface area contributed by atoms with Gasteiger partial charge in [-0.1, -0.05) is 24.3 Å². The molecular weight excluding hydrogens is 232 g/mol. The third-order valence-electron chi connectivity index (χ3n) is 4.12. The van der Waals surface area contributed by atoms with E-state index >= 15 is 0 Å². The summed E-state index contributed by atoms with van der Waals surface area (Å²) in [5.41, 5.74) is 0.949. The second-order valence-electron chi connectivity index (χ2n) is 4.79. The van der Waals surface area contributed by atoms with E-state index in [0.717, 1.165) is 0 Å². The van der Waals surface area contributed by atoms with Crippen molar-refractivity contribution in [1.29, 1.82) is 0 Å². The van der Waals surface area contributed by atoms with Crippen molar-refractivity contribution in [2.45, 2.75) is 0 Å². The van der Waals surface area contributed by atoms with E-state index < -0.39 is 11.9 Å². The van der Waals surface area contributed by atoms with E-state index in [-0.39, 0.29) is 11.8 Å². The molecule has 2 bridgehead atoms. The minimum absolute atomic E-state index is 0.0495. The van der Waals surface area contributed by atoms with Gasteiger partial charge < -0.3 is 9.47 Å². The highest BCUT2D eigenvalue weighted by molar-refractivity contribution is 6.02. The van der Waals surface area contributed by atoms with E-state index in [1.807, 2.05) is 12.2 Å². The van der Waals surface area contributed by atoms with E-state index in [2.05, 4.69) is 12.2 Å². The zero-order chi connectivity index (χ0) is 12.9. The molecule has 0 fully saturated rings. The molecule has 4 atom stereocenters. The molecule has 0 spiro atoms. The minimum Gasteiger partial charge on any atom is -0.466 e. The monoisotopic (exact) mass is 246 g/mol. The summed E-state index contributed by atoms with van der Waals surface area (Å²) >= 11 is 0. The highest BCUT2D eigenvalue weighted by Gasteiger charge is 2.50. The first-order valence-electron chi connectivity index (χ1n) is 5.96. The lowest BCUT2D eigenvalue weighted by Crippen LogP contribution is -2.45. The fourth-order valence-corrected chi connectivity index (χ4v) is 3.23. The molecule has 4 aliphatic carbocycles. The van der Waals surface area contributed by atoms with Gasteiger partial charge in [-0.05, 0) is 11.8 Å². The van der Waals surface area contributed by atoms with Gasteiger partial charge in [0, 0.05) is 11.8 Å². The fraction of sp³-hybridized carbons (Fsp3) is 0.429. The van der Waals surface area contributed by atoms with Crippen LogP contribution in [-0.4, -0.2) is 26.2 Å². The second kappa shape index (κ2) is 3.83. The highest BCUT2D eigenvalue weighted by Crippen LogP contribution is 2.53. The Bertz CT molecular complexity index is 468. The van der Waals surface area contributed by atoms with Gasteiger partial charge in [0.05, 0.1) is 25.4 Å². The van der Waals surface area contributed by atoms with Crippen LogP contribution in [0.4, 0.5) is 0 Å². The van der Waals surface area contributed by atoms with Crippen molar-refractivity contribution in [3.63, 3.8) is 0 Å². The van der Waals surface area contributed by atoms with Gasteiger partial charge in [0.1, 0.15) is 0 Å². The summed E-state index contributed by atoms with van der Waals surface area (Å²) in [6.45, 7) is 0. The van der Waals surface area contributed by atoms with E-state index in [1.54, 1.807) is 0 Å². The van der Waals surface area contributed by atoms with Crippen molar-refractivity contribution in [2.24, 2.45) is 23.7 Å². The van der Waals surface area contributed by atoms with Crippen LogP contribution in [0.5, 0.6) is 0 Å². The van der Waals surface area contributed by atoms with Gasteiger partial charge in [-0.3, -0.25) is 0 Å². The molecule has 0 amide bonds. The quantitative estimate of drug-likeness (QED) is 0.543. The Hall–Kier alpha value is -1.84. The van der Waals surface area contributed by atoms with Crippen LogP contribution < -0.4 is 0 Å². The number of carbonyl (C=O) groups is 2.